The number of rotatable bonds is 7. The van der Waals surface area contributed by atoms with Crippen molar-refractivity contribution < 1.29 is 9.53 Å². The topological polar surface area (TPSA) is 68.2 Å². The number of nitrogens with zero attached hydrogens (tertiary/aromatic N) is 2. The molecule has 0 aliphatic rings. The van der Waals surface area contributed by atoms with E-state index in [4.69, 9.17) is 4.74 Å². The molecule has 0 radical (unpaired) electrons. The van der Waals surface area contributed by atoms with Crippen LogP contribution in [0.4, 0.5) is 4.79 Å². The molecule has 140 valence electrons. The van der Waals surface area contributed by atoms with Crippen molar-refractivity contribution >= 4 is 6.03 Å². The van der Waals surface area contributed by atoms with E-state index < -0.39 is 0 Å². The van der Waals surface area contributed by atoms with Gasteiger partial charge in [-0.1, -0.05) is 49.4 Å². The number of methoxy groups -OCH3 is 1. The number of urea groups is 1. The molecule has 0 spiro atoms. The molecule has 27 heavy (non-hydrogen) atoms. The van der Waals surface area contributed by atoms with Gasteiger partial charge in [-0.3, -0.25) is 0 Å². The predicted octanol–water partition coefficient (Wildman–Crippen LogP) is 3.83. The fourth-order valence-electron chi connectivity index (χ4n) is 2.90. The molecule has 0 aliphatic carbocycles. The lowest BCUT2D eigenvalue weighted by Gasteiger charge is -2.17. The summed E-state index contributed by atoms with van der Waals surface area (Å²) in [5.74, 6) is 0.742. The highest BCUT2D eigenvalue weighted by Crippen LogP contribution is 2.21. The quantitative estimate of drug-likeness (QED) is 0.669. The van der Waals surface area contributed by atoms with Crippen LogP contribution >= 0.6 is 0 Å². The zero-order valence-electron chi connectivity index (χ0n) is 15.6. The largest absolute Gasteiger partial charge is 0.494 e. The van der Waals surface area contributed by atoms with Gasteiger partial charge in [-0.25, -0.2) is 9.48 Å². The van der Waals surface area contributed by atoms with E-state index in [1.807, 2.05) is 60.8 Å². The van der Waals surface area contributed by atoms with Gasteiger partial charge in [0.15, 0.2) is 0 Å². The van der Waals surface area contributed by atoms with Gasteiger partial charge in [-0.2, -0.15) is 5.10 Å². The summed E-state index contributed by atoms with van der Waals surface area (Å²) in [7, 11) is 1.63. The van der Waals surface area contributed by atoms with Crippen LogP contribution in [0.15, 0.2) is 67.0 Å². The van der Waals surface area contributed by atoms with Gasteiger partial charge in [-0.05, 0) is 24.1 Å². The van der Waals surface area contributed by atoms with Crippen LogP contribution in [0, 0.1) is 0 Å². The second kappa shape index (κ2) is 8.89. The summed E-state index contributed by atoms with van der Waals surface area (Å²) in [6.07, 6.45) is 4.44. The summed E-state index contributed by atoms with van der Waals surface area (Å²) in [5, 5.41) is 10.3. The third kappa shape index (κ3) is 4.67. The second-order valence-electron chi connectivity index (χ2n) is 6.16. The molecule has 0 unspecified atom stereocenters. The van der Waals surface area contributed by atoms with Crippen LogP contribution < -0.4 is 15.4 Å². The highest BCUT2D eigenvalue weighted by molar-refractivity contribution is 5.74. The number of carbonyl (C=O) groups excluding carboxylic acids is 1. The number of benzene rings is 2. The molecule has 1 atom stereocenters. The summed E-state index contributed by atoms with van der Waals surface area (Å²) >= 11 is 0. The van der Waals surface area contributed by atoms with Crippen molar-refractivity contribution in [1.29, 1.82) is 0 Å². The van der Waals surface area contributed by atoms with Gasteiger partial charge in [0.25, 0.3) is 0 Å². The van der Waals surface area contributed by atoms with Gasteiger partial charge >= 0.3 is 6.03 Å². The Morgan fingerprint density at radius 3 is 2.63 bits per heavy atom. The minimum absolute atomic E-state index is 0.0116. The van der Waals surface area contributed by atoms with Crippen LogP contribution in [0.5, 0.6) is 5.75 Å². The van der Waals surface area contributed by atoms with E-state index in [0.717, 1.165) is 29.0 Å². The van der Waals surface area contributed by atoms with Gasteiger partial charge in [0.2, 0.25) is 0 Å². The molecule has 6 heteroatoms. The van der Waals surface area contributed by atoms with E-state index in [2.05, 4.69) is 22.7 Å². The summed E-state index contributed by atoms with van der Waals surface area (Å²) in [6, 6.07) is 17.4. The molecule has 1 heterocycles. The monoisotopic (exact) mass is 364 g/mol. The number of nitrogens with one attached hydrogen (secondary N) is 2. The maximum Gasteiger partial charge on any atom is 0.315 e. The van der Waals surface area contributed by atoms with Crippen molar-refractivity contribution in [1.82, 2.24) is 20.4 Å². The lowest BCUT2D eigenvalue weighted by atomic mass is 10.1. The zero-order chi connectivity index (χ0) is 19.1. The highest BCUT2D eigenvalue weighted by Gasteiger charge is 2.12. The maximum absolute atomic E-state index is 12.3. The number of hydrogen-bond acceptors (Lipinski definition) is 3. The Kier molecular flexibility index (Phi) is 6.10. The van der Waals surface area contributed by atoms with Crippen molar-refractivity contribution in [3.8, 4) is 11.4 Å². The van der Waals surface area contributed by atoms with Gasteiger partial charge in [0.1, 0.15) is 11.4 Å². The average Bonchev–Trinajstić information content (AvgIpc) is 3.20. The second-order valence-corrected chi connectivity index (χ2v) is 6.16. The number of aromatic nitrogens is 2. The lowest BCUT2D eigenvalue weighted by molar-refractivity contribution is 0.236. The van der Waals surface area contributed by atoms with E-state index in [9.17, 15) is 4.79 Å². The summed E-state index contributed by atoms with van der Waals surface area (Å²) in [4.78, 5) is 12.3. The van der Waals surface area contributed by atoms with E-state index in [1.54, 1.807) is 18.0 Å². The predicted molar refractivity (Wildman–Crippen MR) is 105 cm³/mol. The third-order valence-corrected chi connectivity index (χ3v) is 4.34. The zero-order valence-corrected chi connectivity index (χ0v) is 15.6. The van der Waals surface area contributed by atoms with Gasteiger partial charge < -0.3 is 15.4 Å². The Bertz CT molecular complexity index is 877. The van der Waals surface area contributed by atoms with Crippen LogP contribution in [-0.4, -0.2) is 22.9 Å². The summed E-state index contributed by atoms with van der Waals surface area (Å²) < 4.78 is 7.11. The van der Waals surface area contributed by atoms with Crippen molar-refractivity contribution in [2.24, 2.45) is 0 Å². The molecule has 6 nitrogen and oxygen atoms in total. The first-order chi connectivity index (χ1) is 13.2. The molecule has 0 aliphatic heterocycles. The molecule has 0 bridgehead atoms. The summed E-state index contributed by atoms with van der Waals surface area (Å²) in [5.41, 5.74) is 2.86. The van der Waals surface area contributed by atoms with Crippen LogP contribution in [0.1, 0.15) is 30.5 Å². The van der Waals surface area contributed by atoms with Crippen molar-refractivity contribution in [3.05, 3.63) is 78.1 Å². The van der Waals surface area contributed by atoms with Crippen molar-refractivity contribution in [2.75, 3.05) is 7.11 Å². The number of hydrogen-bond donors (Lipinski definition) is 2. The van der Waals surface area contributed by atoms with Crippen molar-refractivity contribution in [2.45, 2.75) is 25.9 Å². The van der Waals surface area contributed by atoms with E-state index in [1.165, 1.54) is 0 Å². The Balaban J connectivity index is 1.59. The highest BCUT2D eigenvalue weighted by atomic mass is 16.5. The molecule has 0 saturated heterocycles. The average molecular weight is 364 g/mol. The fourth-order valence-corrected chi connectivity index (χ4v) is 2.90. The normalized spacial score (nSPS) is 11.6. The first kappa shape index (κ1) is 18.5. The van der Waals surface area contributed by atoms with Crippen LogP contribution in [-0.2, 0) is 6.54 Å². The molecule has 3 aromatic rings. The Hall–Kier alpha value is -3.28. The van der Waals surface area contributed by atoms with Crippen LogP contribution in [0.25, 0.3) is 5.69 Å². The lowest BCUT2D eigenvalue weighted by Crippen LogP contribution is -2.37. The number of carbonyl (C=O) groups is 1. The van der Waals surface area contributed by atoms with E-state index >= 15 is 0 Å². The van der Waals surface area contributed by atoms with Gasteiger partial charge in [-0.15, -0.1) is 0 Å². The molecule has 3 rings (SSSR count). The smallest absolute Gasteiger partial charge is 0.315 e. The molecular formula is C21H24N4O2. The number of amides is 2. The minimum atomic E-state index is -0.198. The van der Waals surface area contributed by atoms with Crippen LogP contribution in [0.2, 0.25) is 0 Å². The molecule has 2 N–H and O–H groups in total. The Labute approximate surface area is 159 Å². The third-order valence-electron chi connectivity index (χ3n) is 4.34. The molecule has 2 amide bonds. The molecule has 0 saturated carbocycles. The van der Waals surface area contributed by atoms with E-state index in [-0.39, 0.29) is 12.1 Å². The molecule has 0 fully saturated rings. The fraction of sp³-hybridized carbons (Fsp3) is 0.238. The SMILES string of the molecule is CC[C@@H](NC(=O)NCc1cnn(-c2ccccc2OC)c1)c1ccccc1. The van der Waals surface area contributed by atoms with Gasteiger partial charge in [0, 0.05) is 18.3 Å². The van der Waals surface area contributed by atoms with Gasteiger partial charge in [0.05, 0.1) is 19.3 Å². The standard InChI is InChI=1S/C21H24N4O2/c1-3-18(17-9-5-4-6-10-17)24-21(26)22-13-16-14-23-25(15-16)19-11-7-8-12-20(19)27-2/h4-12,14-15,18H,3,13H2,1-2H3,(H2,22,24,26)/t18-/m1/s1. The van der Waals surface area contributed by atoms with Crippen LogP contribution in [0.3, 0.4) is 0 Å². The first-order valence-corrected chi connectivity index (χ1v) is 8.97. The molecule has 2 aromatic carbocycles. The Morgan fingerprint density at radius 2 is 1.89 bits per heavy atom. The molecule has 1 aromatic heterocycles. The van der Waals surface area contributed by atoms with E-state index in [0.29, 0.717) is 6.54 Å². The maximum atomic E-state index is 12.3. The first-order valence-electron chi connectivity index (χ1n) is 8.97. The summed E-state index contributed by atoms with van der Waals surface area (Å²) in [6.45, 7) is 2.45. The number of para-hydroxylation sites is 2. The number of ether oxygens (including phenoxy) is 1. The molecular weight excluding hydrogens is 340 g/mol. The Morgan fingerprint density at radius 1 is 1.15 bits per heavy atom. The minimum Gasteiger partial charge on any atom is -0.494 e. The van der Waals surface area contributed by atoms with Crippen molar-refractivity contribution in [3.63, 3.8) is 0 Å².